The first-order valence-electron chi connectivity index (χ1n) is 5.18. The Morgan fingerprint density at radius 1 is 1.57 bits per heavy atom. The minimum atomic E-state index is -0.822. The summed E-state index contributed by atoms with van der Waals surface area (Å²) in [7, 11) is 0. The Bertz CT molecular complexity index is 181. The van der Waals surface area contributed by atoms with Gasteiger partial charge in [0, 0.05) is 6.54 Å². The maximum absolute atomic E-state index is 11.3. The van der Waals surface area contributed by atoms with Crippen molar-refractivity contribution in [3.05, 3.63) is 0 Å². The zero-order chi connectivity index (χ0) is 11.2. The van der Waals surface area contributed by atoms with E-state index in [1.54, 1.807) is 6.92 Å². The van der Waals surface area contributed by atoms with Gasteiger partial charge in [-0.25, -0.2) is 0 Å². The number of amides is 1. The van der Waals surface area contributed by atoms with E-state index in [1.807, 2.05) is 13.8 Å². The molecule has 2 unspecified atom stereocenters. The molecule has 1 amide bonds. The third kappa shape index (κ3) is 5.19. The fraction of sp³-hybridized carbons (Fsp3) is 0.900. The first-order chi connectivity index (χ1) is 6.43. The van der Waals surface area contributed by atoms with Gasteiger partial charge in [0.25, 0.3) is 0 Å². The molecule has 0 aromatic rings. The second-order valence-electron chi connectivity index (χ2n) is 3.98. The molecular weight excluding hydrogens is 180 g/mol. The number of carbonyl (C=O) groups excluding carboxylic acids is 1. The molecule has 0 fully saturated rings. The summed E-state index contributed by atoms with van der Waals surface area (Å²) in [6.07, 6.45) is 2.18. The molecule has 0 saturated heterocycles. The summed E-state index contributed by atoms with van der Waals surface area (Å²) in [5, 5.41) is 12.4. The molecule has 0 aliphatic carbocycles. The highest BCUT2D eigenvalue weighted by molar-refractivity contribution is 5.81. The van der Waals surface area contributed by atoms with Crippen LogP contribution in [-0.2, 0) is 4.79 Å². The van der Waals surface area contributed by atoms with Crippen molar-refractivity contribution in [3.63, 3.8) is 0 Å². The van der Waals surface area contributed by atoms with E-state index in [9.17, 15) is 9.90 Å². The van der Waals surface area contributed by atoms with Gasteiger partial charge in [0.15, 0.2) is 0 Å². The zero-order valence-corrected chi connectivity index (χ0v) is 9.34. The molecule has 0 aromatic heterocycles. The number of hydrogen-bond donors (Lipinski definition) is 3. The standard InChI is InChI=1S/C10H22N2O2/c1-4-6-10(3,14)7-12-9(13)8(11)5-2/h8,14H,4-7,11H2,1-3H3,(H,12,13). The van der Waals surface area contributed by atoms with Crippen LogP contribution in [0, 0.1) is 0 Å². The maximum Gasteiger partial charge on any atom is 0.237 e. The average molecular weight is 202 g/mol. The van der Waals surface area contributed by atoms with E-state index in [1.165, 1.54) is 0 Å². The van der Waals surface area contributed by atoms with Gasteiger partial charge in [-0.15, -0.1) is 0 Å². The van der Waals surface area contributed by atoms with Crippen LogP contribution < -0.4 is 11.1 Å². The Kier molecular flexibility index (Phi) is 5.72. The second-order valence-corrected chi connectivity index (χ2v) is 3.98. The zero-order valence-electron chi connectivity index (χ0n) is 9.34. The predicted molar refractivity (Wildman–Crippen MR) is 56.8 cm³/mol. The topological polar surface area (TPSA) is 75.3 Å². The number of nitrogens with two attached hydrogens (primary N) is 1. The van der Waals surface area contributed by atoms with Crippen LogP contribution in [0.5, 0.6) is 0 Å². The van der Waals surface area contributed by atoms with Crippen LogP contribution in [0.15, 0.2) is 0 Å². The highest BCUT2D eigenvalue weighted by Crippen LogP contribution is 2.09. The Labute approximate surface area is 85.9 Å². The summed E-state index contributed by atoms with van der Waals surface area (Å²) in [6.45, 7) is 5.84. The summed E-state index contributed by atoms with van der Waals surface area (Å²) in [6, 6.07) is -0.465. The molecule has 0 bridgehead atoms. The van der Waals surface area contributed by atoms with Crippen LogP contribution in [0.2, 0.25) is 0 Å². The molecule has 0 aromatic carbocycles. The molecule has 4 heteroatoms. The van der Waals surface area contributed by atoms with Crippen molar-refractivity contribution >= 4 is 5.91 Å². The van der Waals surface area contributed by atoms with E-state index in [0.29, 0.717) is 12.8 Å². The summed E-state index contributed by atoms with van der Waals surface area (Å²) in [5.41, 5.74) is 4.70. The van der Waals surface area contributed by atoms with Crippen LogP contribution in [0.1, 0.15) is 40.0 Å². The fourth-order valence-electron chi connectivity index (χ4n) is 1.22. The van der Waals surface area contributed by atoms with E-state index in [-0.39, 0.29) is 12.5 Å². The highest BCUT2D eigenvalue weighted by atomic mass is 16.3. The lowest BCUT2D eigenvalue weighted by molar-refractivity contribution is -0.123. The molecule has 14 heavy (non-hydrogen) atoms. The highest BCUT2D eigenvalue weighted by Gasteiger charge is 2.21. The summed E-state index contributed by atoms with van der Waals surface area (Å²) in [5.74, 6) is -0.191. The number of hydrogen-bond acceptors (Lipinski definition) is 3. The second kappa shape index (κ2) is 5.98. The molecule has 4 N–H and O–H groups in total. The summed E-state index contributed by atoms with van der Waals surface area (Å²) < 4.78 is 0. The van der Waals surface area contributed by atoms with Gasteiger partial charge in [0.1, 0.15) is 0 Å². The van der Waals surface area contributed by atoms with Crippen LogP contribution in [0.25, 0.3) is 0 Å². The summed E-state index contributed by atoms with van der Waals surface area (Å²) >= 11 is 0. The van der Waals surface area contributed by atoms with E-state index in [4.69, 9.17) is 5.73 Å². The van der Waals surface area contributed by atoms with Gasteiger partial charge in [0.05, 0.1) is 11.6 Å². The lowest BCUT2D eigenvalue weighted by Crippen LogP contribution is -2.46. The number of carbonyl (C=O) groups is 1. The third-order valence-corrected chi connectivity index (χ3v) is 2.21. The van der Waals surface area contributed by atoms with Crippen LogP contribution in [-0.4, -0.2) is 29.2 Å². The van der Waals surface area contributed by atoms with Crippen molar-refractivity contribution in [3.8, 4) is 0 Å². The number of nitrogens with one attached hydrogen (secondary N) is 1. The smallest absolute Gasteiger partial charge is 0.237 e. The monoisotopic (exact) mass is 202 g/mol. The first kappa shape index (κ1) is 13.4. The van der Waals surface area contributed by atoms with Crippen molar-refractivity contribution in [1.82, 2.24) is 5.32 Å². The first-order valence-corrected chi connectivity index (χ1v) is 5.18. The Morgan fingerprint density at radius 3 is 2.57 bits per heavy atom. The molecule has 2 atom stereocenters. The third-order valence-electron chi connectivity index (χ3n) is 2.21. The lowest BCUT2D eigenvalue weighted by Gasteiger charge is -2.23. The van der Waals surface area contributed by atoms with Gasteiger partial charge in [-0.1, -0.05) is 20.3 Å². The maximum atomic E-state index is 11.3. The van der Waals surface area contributed by atoms with Crippen molar-refractivity contribution in [2.45, 2.75) is 51.7 Å². The van der Waals surface area contributed by atoms with Crippen LogP contribution in [0.3, 0.4) is 0 Å². The van der Waals surface area contributed by atoms with Crippen LogP contribution in [0.4, 0.5) is 0 Å². The summed E-state index contributed by atoms with van der Waals surface area (Å²) in [4.78, 5) is 11.3. The van der Waals surface area contributed by atoms with Gasteiger partial charge in [0.2, 0.25) is 5.91 Å². The van der Waals surface area contributed by atoms with Gasteiger partial charge < -0.3 is 16.2 Å². The Hall–Kier alpha value is -0.610. The molecule has 0 saturated carbocycles. The SMILES string of the molecule is CCCC(C)(O)CNC(=O)C(N)CC. The van der Waals surface area contributed by atoms with E-state index < -0.39 is 11.6 Å². The number of aliphatic hydroxyl groups is 1. The van der Waals surface area contributed by atoms with Gasteiger partial charge in [-0.2, -0.15) is 0 Å². The van der Waals surface area contributed by atoms with Gasteiger partial charge in [-0.05, 0) is 19.8 Å². The minimum Gasteiger partial charge on any atom is -0.388 e. The molecule has 0 radical (unpaired) electrons. The van der Waals surface area contributed by atoms with Crippen molar-refractivity contribution in [2.75, 3.05) is 6.54 Å². The molecular formula is C10H22N2O2. The number of rotatable bonds is 6. The Morgan fingerprint density at radius 2 is 2.14 bits per heavy atom. The Balaban J connectivity index is 3.87. The van der Waals surface area contributed by atoms with Gasteiger partial charge in [-0.3, -0.25) is 4.79 Å². The molecule has 0 spiro atoms. The van der Waals surface area contributed by atoms with E-state index in [0.717, 1.165) is 6.42 Å². The van der Waals surface area contributed by atoms with E-state index in [2.05, 4.69) is 5.32 Å². The van der Waals surface area contributed by atoms with Crippen molar-refractivity contribution < 1.29 is 9.90 Å². The lowest BCUT2D eigenvalue weighted by atomic mass is 10.0. The predicted octanol–water partition coefficient (Wildman–Crippen LogP) is 0.391. The van der Waals surface area contributed by atoms with Crippen molar-refractivity contribution in [1.29, 1.82) is 0 Å². The molecule has 0 aliphatic heterocycles. The average Bonchev–Trinajstić information content (AvgIpc) is 2.13. The molecule has 0 rings (SSSR count). The van der Waals surface area contributed by atoms with Gasteiger partial charge >= 0.3 is 0 Å². The molecule has 4 nitrogen and oxygen atoms in total. The van der Waals surface area contributed by atoms with E-state index >= 15 is 0 Å². The van der Waals surface area contributed by atoms with Crippen molar-refractivity contribution in [2.24, 2.45) is 5.73 Å². The molecule has 0 aliphatic rings. The quantitative estimate of drug-likeness (QED) is 0.583. The van der Waals surface area contributed by atoms with Crippen LogP contribution >= 0.6 is 0 Å². The molecule has 84 valence electrons. The fourth-order valence-corrected chi connectivity index (χ4v) is 1.22. The normalized spacial score (nSPS) is 17.2. The largest absolute Gasteiger partial charge is 0.388 e. The minimum absolute atomic E-state index is 0.191. The molecule has 0 heterocycles.